The van der Waals surface area contributed by atoms with Crippen molar-refractivity contribution in [3.63, 3.8) is 0 Å². The van der Waals surface area contributed by atoms with Crippen molar-refractivity contribution < 1.29 is 9.21 Å². The summed E-state index contributed by atoms with van der Waals surface area (Å²) in [5.74, 6) is 0.753. The number of fused-ring (bicyclic) bond motifs is 1. The zero-order valence-electron chi connectivity index (χ0n) is 10.7. The number of aromatic nitrogens is 2. The minimum atomic E-state index is -0.640. The first kappa shape index (κ1) is 12.6. The Labute approximate surface area is 118 Å². The van der Waals surface area contributed by atoms with E-state index in [0.717, 1.165) is 21.5 Å². The van der Waals surface area contributed by atoms with Gasteiger partial charge < -0.3 is 15.5 Å². The van der Waals surface area contributed by atoms with E-state index in [-0.39, 0.29) is 5.82 Å². The highest BCUT2D eigenvalue weighted by Gasteiger charge is 2.14. The van der Waals surface area contributed by atoms with Gasteiger partial charge in [0, 0.05) is 0 Å². The SMILES string of the molecule is Cc1csc2c(NCc3ccco3)nc(C(N)=O)nc12. The zero-order valence-corrected chi connectivity index (χ0v) is 11.5. The van der Waals surface area contributed by atoms with E-state index in [9.17, 15) is 4.79 Å². The number of carbonyl (C=O) groups is 1. The van der Waals surface area contributed by atoms with Gasteiger partial charge in [0.05, 0.1) is 23.0 Å². The minimum Gasteiger partial charge on any atom is -0.467 e. The third kappa shape index (κ3) is 2.23. The molecule has 0 saturated carbocycles. The molecular weight excluding hydrogens is 276 g/mol. The third-order valence-corrected chi connectivity index (χ3v) is 3.92. The number of rotatable bonds is 4. The minimum absolute atomic E-state index is 0.0148. The van der Waals surface area contributed by atoms with Crippen LogP contribution in [0.25, 0.3) is 10.2 Å². The van der Waals surface area contributed by atoms with E-state index in [4.69, 9.17) is 10.2 Å². The van der Waals surface area contributed by atoms with Gasteiger partial charge in [0.15, 0.2) is 0 Å². The monoisotopic (exact) mass is 288 g/mol. The normalized spacial score (nSPS) is 10.8. The molecule has 0 aliphatic heterocycles. The molecular formula is C13H12N4O2S. The summed E-state index contributed by atoms with van der Waals surface area (Å²) in [5.41, 5.74) is 7.02. The Hall–Kier alpha value is -2.41. The molecule has 102 valence electrons. The summed E-state index contributed by atoms with van der Waals surface area (Å²) < 4.78 is 6.16. The highest BCUT2D eigenvalue weighted by Crippen LogP contribution is 2.29. The molecule has 0 aliphatic carbocycles. The molecule has 0 aliphatic rings. The lowest BCUT2D eigenvalue weighted by Gasteiger charge is -2.06. The van der Waals surface area contributed by atoms with E-state index < -0.39 is 5.91 Å². The highest BCUT2D eigenvalue weighted by molar-refractivity contribution is 7.18. The molecule has 0 saturated heterocycles. The predicted octanol–water partition coefficient (Wildman–Crippen LogP) is 2.30. The summed E-state index contributed by atoms with van der Waals surface area (Å²) in [6.07, 6.45) is 1.61. The maximum absolute atomic E-state index is 11.3. The summed E-state index contributed by atoms with van der Waals surface area (Å²) in [6.45, 7) is 2.42. The summed E-state index contributed by atoms with van der Waals surface area (Å²) >= 11 is 1.53. The molecule has 7 heteroatoms. The van der Waals surface area contributed by atoms with Gasteiger partial charge in [-0.3, -0.25) is 4.79 Å². The van der Waals surface area contributed by atoms with Gasteiger partial charge in [-0.1, -0.05) is 0 Å². The number of nitrogens with two attached hydrogens (primary N) is 1. The Morgan fingerprint density at radius 2 is 2.35 bits per heavy atom. The summed E-state index contributed by atoms with van der Waals surface area (Å²) in [5, 5.41) is 5.13. The van der Waals surface area contributed by atoms with Crippen LogP contribution < -0.4 is 11.1 Å². The molecule has 0 aromatic carbocycles. The van der Waals surface area contributed by atoms with Gasteiger partial charge in [-0.05, 0) is 30.0 Å². The molecule has 0 spiro atoms. The second-order valence-electron chi connectivity index (χ2n) is 4.29. The topological polar surface area (TPSA) is 94.0 Å². The Kier molecular flexibility index (Phi) is 3.11. The van der Waals surface area contributed by atoms with E-state index in [2.05, 4.69) is 15.3 Å². The molecule has 3 heterocycles. The summed E-state index contributed by atoms with van der Waals surface area (Å²) in [4.78, 5) is 19.7. The number of nitrogens with one attached hydrogen (secondary N) is 1. The number of nitrogens with zero attached hydrogens (tertiary/aromatic N) is 2. The maximum atomic E-state index is 11.3. The molecule has 0 bridgehead atoms. The first-order valence-corrected chi connectivity index (χ1v) is 6.85. The fraction of sp³-hybridized carbons (Fsp3) is 0.154. The van der Waals surface area contributed by atoms with Gasteiger partial charge >= 0.3 is 0 Å². The van der Waals surface area contributed by atoms with Crippen LogP contribution in [-0.2, 0) is 6.54 Å². The molecule has 3 rings (SSSR count). The van der Waals surface area contributed by atoms with E-state index >= 15 is 0 Å². The molecule has 3 aromatic rings. The van der Waals surface area contributed by atoms with Crippen molar-refractivity contribution in [3.05, 3.63) is 40.9 Å². The highest BCUT2D eigenvalue weighted by atomic mass is 32.1. The molecule has 20 heavy (non-hydrogen) atoms. The van der Waals surface area contributed by atoms with E-state index in [1.807, 2.05) is 24.4 Å². The molecule has 6 nitrogen and oxygen atoms in total. The van der Waals surface area contributed by atoms with Gasteiger partial charge in [-0.25, -0.2) is 9.97 Å². The lowest BCUT2D eigenvalue weighted by molar-refractivity contribution is 0.0991. The van der Waals surface area contributed by atoms with Crippen LogP contribution in [-0.4, -0.2) is 15.9 Å². The number of primary amides is 1. The van der Waals surface area contributed by atoms with Crippen molar-refractivity contribution >= 4 is 33.3 Å². The number of thiophene rings is 1. The fourth-order valence-electron chi connectivity index (χ4n) is 1.85. The molecule has 1 amide bonds. The smallest absolute Gasteiger partial charge is 0.286 e. The van der Waals surface area contributed by atoms with Crippen LogP contribution >= 0.6 is 11.3 Å². The van der Waals surface area contributed by atoms with Gasteiger partial charge in [-0.15, -0.1) is 11.3 Å². The van der Waals surface area contributed by atoms with Crippen molar-refractivity contribution in [2.45, 2.75) is 13.5 Å². The number of hydrogen-bond acceptors (Lipinski definition) is 6. The van der Waals surface area contributed by atoms with Gasteiger partial charge in [-0.2, -0.15) is 0 Å². The average molecular weight is 288 g/mol. The number of anilines is 1. The number of amides is 1. The first-order chi connectivity index (χ1) is 9.65. The van der Waals surface area contributed by atoms with Crippen LogP contribution in [0.4, 0.5) is 5.82 Å². The van der Waals surface area contributed by atoms with Gasteiger partial charge in [0.2, 0.25) is 5.82 Å². The molecule has 0 atom stereocenters. The van der Waals surface area contributed by atoms with Crippen LogP contribution in [0.2, 0.25) is 0 Å². The van der Waals surface area contributed by atoms with Crippen molar-refractivity contribution in [2.24, 2.45) is 5.73 Å². The second kappa shape index (κ2) is 4.93. The molecule has 0 unspecified atom stereocenters. The lowest BCUT2D eigenvalue weighted by atomic mass is 10.3. The number of aryl methyl sites for hydroxylation is 1. The van der Waals surface area contributed by atoms with Crippen molar-refractivity contribution in [1.82, 2.24) is 9.97 Å². The largest absolute Gasteiger partial charge is 0.467 e. The predicted molar refractivity (Wildman–Crippen MR) is 76.7 cm³/mol. The Balaban J connectivity index is 2.01. The fourth-order valence-corrected chi connectivity index (χ4v) is 2.80. The number of furan rings is 1. The Bertz CT molecular complexity index is 764. The van der Waals surface area contributed by atoms with E-state index in [0.29, 0.717) is 12.4 Å². The van der Waals surface area contributed by atoms with Crippen molar-refractivity contribution in [3.8, 4) is 0 Å². The van der Waals surface area contributed by atoms with Crippen LogP contribution in [0.3, 0.4) is 0 Å². The van der Waals surface area contributed by atoms with Crippen LogP contribution in [0.1, 0.15) is 21.9 Å². The van der Waals surface area contributed by atoms with Crippen LogP contribution in [0.5, 0.6) is 0 Å². The van der Waals surface area contributed by atoms with Gasteiger partial charge in [0.1, 0.15) is 11.6 Å². The number of carbonyl (C=O) groups excluding carboxylic acids is 1. The second-order valence-corrected chi connectivity index (χ2v) is 5.17. The molecule has 0 fully saturated rings. The van der Waals surface area contributed by atoms with Crippen LogP contribution in [0.15, 0.2) is 28.2 Å². The van der Waals surface area contributed by atoms with E-state index in [1.54, 1.807) is 6.26 Å². The molecule has 3 N–H and O–H groups in total. The number of hydrogen-bond donors (Lipinski definition) is 2. The summed E-state index contributed by atoms with van der Waals surface area (Å²) in [6, 6.07) is 3.68. The Morgan fingerprint density at radius 3 is 3.05 bits per heavy atom. The Morgan fingerprint density at radius 1 is 1.50 bits per heavy atom. The quantitative estimate of drug-likeness (QED) is 0.768. The first-order valence-electron chi connectivity index (χ1n) is 5.97. The van der Waals surface area contributed by atoms with Crippen molar-refractivity contribution in [2.75, 3.05) is 5.32 Å². The molecule has 3 aromatic heterocycles. The standard InChI is InChI=1S/C13H12N4O2S/c1-7-6-20-10-9(7)16-13(11(14)18)17-12(10)15-5-8-3-2-4-19-8/h2-4,6H,5H2,1H3,(H2,14,18)(H,15,16,17). The maximum Gasteiger partial charge on any atom is 0.286 e. The van der Waals surface area contributed by atoms with Crippen LogP contribution in [0, 0.1) is 6.92 Å². The van der Waals surface area contributed by atoms with E-state index in [1.165, 1.54) is 11.3 Å². The lowest BCUT2D eigenvalue weighted by Crippen LogP contribution is -2.16. The van der Waals surface area contributed by atoms with Gasteiger partial charge in [0.25, 0.3) is 5.91 Å². The summed E-state index contributed by atoms with van der Waals surface area (Å²) in [7, 11) is 0. The average Bonchev–Trinajstić information content (AvgIpc) is 3.06. The third-order valence-electron chi connectivity index (χ3n) is 2.82. The molecule has 0 radical (unpaired) electrons. The zero-order chi connectivity index (χ0) is 14.1. The van der Waals surface area contributed by atoms with Crippen molar-refractivity contribution in [1.29, 1.82) is 0 Å².